The number of hydrogen-bond acceptors (Lipinski definition) is 11. The molecular weight excluding hydrogens is 773 g/mol. The Balaban J connectivity index is 0.808. The number of piperazine rings is 1. The second-order valence-corrected chi connectivity index (χ2v) is 16.5. The molecule has 16 heteroatoms. The number of benzene rings is 2. The van der Waals surface area contributed by atoms with Crippen molar-refractivity contribution < 1.29 is 18.4 Å². The van der Waals surface area contributed by atoms with Crippen molar-refractivity contribution in [3.8, 4) is 28.2 Å². The number of urea groups is 1. The SMILES string of the molecule is O=C1CCN(c2ccc(N3CCC(CN4CCN(c5ccc(-n6cc(-c7cc(F)cc(NSN8CCCC8)c7F)c(-c7ccncc7)n6)nc5)CC4)CC3)cc2)C(=O)N1. The van der Waals surface area contributed by atoms with E-state index in [-0.39, 0.29) is 23.2 Å². The van der Waals surface area contributed by atoms with Crippen molar-refractivity contribution in [2.75, 3.05) is 84.9 Å². The fourth-order valence-corrected chi connectivity index (χ4v) is 9.26. The quantitative estimate of drug-likeness (QED) is 0.137. The van der Waals surface area contributed by atoms with Gasteiger partial charge in [0.25, 0.3) is 0 Å². The number of amides is 3. The average molecular weight is 820 g/mol. The molecule has 306 valence electrons. The van der Waals surface area contributed by atoms with E-state index in [2.05, 4.69) is 52.2 Å². The summed E-state index contributed by atoms with van der Waals surface area (Å²) in [6.07, 6.45) is 11.6. The highest BCUT2D eigenvalue weighted by molar-refractivity contribution is 7.98. The van der Waals surface area contributed by atoms with E-state index in [4.69, 9.17) is 10.1 Å². The first-order valence-corrected chi connectivity index (χ1v) is 21.2. The van der Waals surface area contributed by atoms with Crippen molar-refractivity contribution in [3.05, 3.63) is 97.1 Å². The highest BCUT2D eigenvalue weighted by atomic mass is 32.2. The molecule has 13 nitrogen and oxygen atoms in total. The molecule has 0 radical (unpaired) electrons. The minimum absolute atomic E-state index is 0.0877. The van der Waals surface area contributed by atoms with E-state index in [1.165, 1.54) is 24.3 Å². The van der Waals surface area contributed by atoms with Gasteiger partial charge in [0.05, 0.1) is 17.6 Å². The Bertz CT molecular complexity index is 2260. The second-order valence-electron chi connectivity index (χ2n) is 15.6. The highest BCUT2D eigenvalue weighted by Gasteiger charge is 2.27. The molecule has 4 fully saturated rings. The standard InChI is InChI=1S/C43H47F2N11O2S/c44-32-25-36(41(45)38(26-32)50-59-54-16-1-2-17-54)37-29-56(49-42(37)31-9-14-46-15-10-31)39-8-7-35(27-47-39)53-23-21-51(22-24-53)28-30-11-18-52(19-12-30)33-3-5-34(6-4-33)55-20-13-40(57)48-43(55)58/h3-10,14-15,25-27,29-30,50H,1-2,11-13,16-24,28H2,(H,48,57,58). The van der Waals surface area contributed by atoms with Gasteiger partial charge in [-0.25, -0.2) is 27.5 Å². The summed E-state index contributed by atoms with van der Waals surface area (Å²) in [6, 6.07) is 17.7. The number of imide groups is 1. The number of nitrogens with zero attached hydrogens (tertiary/aromatic N) is 9. The lowest BCUT2D eigenvalue weighted by molar-refractivity contribution is -0.120. The Morgan fingerprint density at radius 3 is 2.20 bits per heavy atom. The number of aromatic nitrogens is 4. The molecule has 0 bridgehead atoms. The summed E-state index contributed by atoms with van der Waals surface area (Å²) in [7, 11) is 0. The first-order valence-electron chi connectivity index (χ1n) is 20.4. The molecule has 59 heavy (non-hydrogen) atoms. The Kier molecular flexibility index (Phi) is 11.4. The van der Waals surface area contributed by atoms with Gasteiger partial charge in [-0.05, 0) is 86.2 Å². The van der Waals surface area contributed by atoms with Gasteiger partial charge in [0.15, 0.2) is 11.6 Å². The van der Waals surface area contributed by atoms with Crippen LogP contribution in [0.2, 0.25) is 0 Å². The molecule has 3 amide bonds. The molecule has 0 spiro atoms. The smallest absolute Gasteiger partial charge is 0.328 e. The number of piperidine rings is 1. The van der Waals surface area contributed by atoms with Gasteiger partial charge in [-0.3, -0.25) is 24.9 Å². The number of hydrogen-bond donors (Lipinski definition) is 2. The predicted octanol–water partition coefficient (Wildman–Crippen LogP) is 6.83. The van der Waals surface area contributed by atoms with E-state index in [1.54, 1.807) is 40.3 Å². The van der Waals surface area contributed by atoms with Crippen LogP contribution in [0.4, 0.5) is 36.3 Å². The molecule has 4 aliphatic rings. The normalized spacial score (nSPS) is 18.4. The Labute approximate surface area is 346 Å². The third-order valence-corrected chi connectivity index (χ3v) is 12.7. The van der Waals surface area contributed by atoms with Crippen LogP contribution in [-0.2, 0) is 4.79 Å². The van der Waals surface area contributed by atoms with Gasteiger partial charge in [0.2, 0.25) is 5.91 Å². The summed E-state index contributed by atoms with van der Waals surface area (Å²) in [6.45, 7) is 9.03. The summed E-state index contributed by atoms with van der Waals surface area (Å²) >= 11 is 1.30. The topological polar surface area (TPSA) is 118 Å². The average Bonchev–Trinajstić information content (AvgIpc) is 3.96. The summed E-state index contributed by atoms with van der Waals surface area (Å²) in [5.74, 6) is -0.105. The Morgan fingerprint density at radius 2 is 1.49 bits per heavy atom. The number of pyridine rings is 2. The molecule has 2 aromatic carbocycles. The van der Waals surface area contributed by atoms with Gasteiger partial charge in [0.1, 0.15) is 11.5 Å². The van der Waals surface area contributed by atoms with Crippen molar-refractivity contribution in [1.82, 2.24) is 34.3 Å². The van der Waals surface area contributed by atoms with Crippen LogP contribution < -0.4 is 24.7 Å². The Hall–Kier alpha value is -5.58. The monoisotopic (exact) mass is 819 g/mol. The van der Waals surface area contributed by atoms with Crippen LogP contribution in [0.1, 0.15) is 32.1 Å². The zero-order valence-electron chi connectivity index (χ0n) is 32.8. The van der Waals surface area contributed by atoms with Gasteiger partial charge in [-0.15, -0.1) is 0 Å². The zero-order valence-corrected chi connectivity index (χ0v) is 33.6. The molecular formula is C43H47F2N11O2S. The third-order valence-electron chi connectivity index (χ3n) is 11.8. The van der Waals surface area contributed by atoms with Crippen LogP contribution in [0, 0.1) is 17.6 Å². The lowest BCUT2D eigenvalue weighted by atomic mass is 9.95. The molecule has 5 aromatic rings. The molecule has 4 aliphatic heterocycles. The molecule has 2 N–H and O–H groups in total. The Morgan fingerprint density at radius 1 is 0.780 bits per heavy atom. The van der Waals surface area contributed by atoms with Crippen molar-refractivity contribution >= 4 is 46.8 Å². The van der Waals surface area contributed by atoms with Gasteiger partial charge < -0.3 is 14.5 Å². The molecule has 9 rings (SSSR count). The van der Waals surface area contributed by atoms with Crippen LogP contribution >= 0.6 is 12.1 Å². The predicted molar refractivity (Wildman–Crippen MR) is 227 cm³/mol. The number of halogens is 2. The summed E-state index contributed by atoms with van der Waals surface area (Å²) in [5, 5.41) is 7.24. The molecule has 7 heterocycles. The number of anilines is 4. The zero-order chi connectivity index (χ0) is 40.3. The van der Waals surface area contributed by atoms with Crippen molar-refractivity contribution in [1.29, 1.82) is 0 Å². The van der Waals surface area contributed by atoms with E-state index >= 15 is 8.78 Å². The number of rotatable bonds is 11. The third kappa shape index (κ3) is 8.75. The minimum atomic E-state index is -0.546. The van der Waals surface area contributed by atoms with Crippen LogP contribution in [0.3, 0.4) is 0 Å². The molecule has 0 saturated carbocycles. The first-order chi connectivity index (χ1) is 28.8. The molecule has 0 aliphatic carbocycles. The summed E-state index contributed by atoms with van der Waals surface area (Å²) in [5.41, 5.74) is 4.88. The van der Waals surface area contributed by atoms with Crippen LogP contribution in [0.5, 0.6) is 0 Å². The van der Waals surface area contributed by atoms with Crippen LogP contribution in [0.25, 0.3) is 28.2 Å². The maximum absolute atomic E-state index is 16.1. The maximum Gasteiger partial charge on any atom is 0.328 e. The van der Waals surface area contributed by atoms with E-state index in [1.807, 2.05) is 24.4 Å². The second kappa shape index (κ2) is 17.3. The lowest BCUT2D eigenvalue weighted by Crippen LogP contribution is -2.49. The van der Waals surface area contributed by atoms with Gasteiger partial charge in [-0.1, -0.05) is 0 Å². The van der Waals surface area contributed by atoms with Gasteiger partial charge in [0, 0.05) is 137 Å². The number of carbonyl (C=O) groups is 2. The molecule has 3 aromatic heterocycles. The maximum atomic E-state index is 16.1. The van der Waals surface area contributed by atoms with Crippen molar-refractivity contribution in [2.45, 2.75) is 32.1 Å². The van der Waals surface area contributed by atoms with Gasteiger partial charge in [-0.2, -0.15) is 5.10 Å². The van der Waals surface area contributed by atoms with Crippen molar-refractivity contribution in [3.63, 3.8) is 0 Å². The number of nitrogens with one attached hydrogen (secondary N) is 2. The molecule has 4 saturated heterocycles. The van der Waals surface area contributed by atoms with Crippen LogP contribution in [0.15, 0.2) is 85.5 Å². The highest BCUT2D eigenvalue weighted by Crippen LogP contribution is 2.37. The van der Waals surface area contributed by atoms with E-state index < -0.39 is 11.6 Å². The summed E-state index contributed by atoms with van der Waals surface area (Å²) < 4.78 is 38.0. The largest absolute Gasteiger partial charge is 0.372 e. The van der Waals surface area contributed by atoms with Crippen molar-refractivity contribution in [2.24, 2.45) is 5.92 Å². The summed E-state index contributed by atoms with van der Waals surface area (Å²) in [4.78, 5) is 41.7. The lowest BCUT2D eigenvalue weighted by Gasteiger charge is -2.40. The van der Waals surface area contributed by atoms with Crippen LogP contribution in [-0.4, -0.2) is 106 Å². The minimum Gasteiger partial charge on any atom is -0.372 e. The molecule has 0 atom stereocenters. The fourth-order valence-electron chi connectivity index (χ4n) is 8.45. The van der Waals surface area contributed by atoms with E-state index in [0.717, 1.165) is 107 Å². The fraction of sp³-hybridized carbons (Fsp3) is 0.372. The van der Waals surface area contributed by atoms with E-state index in [9.17, 15) is 9.59 Å². The van der Waals surface area contributed by atoms with Gasteiger partial charge >= 0.3 is 6.03 Å². The number of carbonyl (C=O) groups excluding carboxylic acids is 2. The molecule has 0 unspecified atom stereocenters. The first kappa shape index (κ1) is 38.9. The van der Waals surface area contributed by atoms with E-state index in [0.29, 0.717) is 36.0 Å².